The first kappa shape index (κ1) is 21.7. The number of carboxylic acids is 1. The molecule has 4 aromatic rings. The van der Waals surface area contributed by atoms with Crippen LogP contribution in [0.4, 0.5) is 0 Å². The third kappa shape index (κ3) is 4.65. The highest BCUT2D eigenvalue weighted by atomic mass is 16.5. The van der Waals surface area contributed by atoms with Crippen molar-refractivity contribution in [3.63, 3.8) is 0 Å². The number of aromatic nitrogens is 1. The summed E-state index contributed by atoms with van der Waals surface area (Å²) in [6, 6.07) is 23.4. The van der Waals surface area contributed by atoms with E-state index in [-0.39, 0.29) is 12.2 Å². The van der Waals surface area contributed by atoms with E-state index in [0.717, 1.165) is 16.6 Å². The molecule has 0 amide bonds. The van der Waals surface area contributed by atoms with Crippen LogP contribution in [0.15, 0.2) is 78.9 Å². The lowest BCUT2D eigenvalue weighted by molar-refractivity contribution is 0.0310. The quantitative estimate of drug-likeness (QED) is 0.430. The van der Waals surface area contributed by atoms with Crippen molar-refractivity contribution in [1.29, 1.82) is 0 Å². The fourth-order valence-corrected chi connectivity index (χ4v) is 3.97. The summed E-state index contributed by atoms with van der Waals surface area (Å²) in [4.78, 5) is 15.9. The molecule has 0 bridgehead atoms. The molecular formula is C27H23NO6. The largest absolute Gasteiger partial charge is 0.493 e. The number of aliphatic hydroxyl groups excluding tert-OH is 1. The zero-order valence-electron chi connectivity index (χ0n) is 18.3. The monoisotopic (exact) mass is 457 g/mol. The number of fused-ring (bicyclic) bond motifs is 2. The summed E-state index contributed by atoms with van der Waals surface area (Å²) < 4.78 is 17.7. The summed E-state index contributed by atoms with van der Waals surface area (Å²) in [5.41, 5.74) is 2.38. The Balaban J connectivity index is 1.32. The van der Waals surface area contributed by atoms with Gasteiger partial charge >= 0.3 is 5.97 Å². The molecule has 0 saturated heterocycles. The standard InChI is InChI=1S/C27H23NO6/c29-26-22-15-20(33-16-19-9-8-17-4-1-2-7-23(17)28-19)10-11-24(22)32-13-12-25(26)34-21-6-3-5-18(14-21)27(30)31/h1-11,14-15,25-26,29H,12-13,16H2,(H,30,31)/t25-,26-/m0/s1. The van der Waals surface area contributed by atoms with Gasteiger partial charge in [0.1, 0.15) is 36.1 Å². The molecule has 2 N–H and O–H groups in total. The Labute approximate surface area is 196 Å². The summed E-state index contributed by atoms with van der Waals surface area (Å²) in [6.07, 6.45) is -1.15. The molecule has 7 heteroatoms. The molecule has 0 fully saturated rings. The molecule has 172 valence electrons. The zero-order valence-corrected chi connectivity index (χ0v) is 18.3. The number of para-hydroxylation sites is 1. The molecule has 0 saturated carbocycles. The van der Waals surface area contributed by atoms with Crippen molar-refractivity contribution in [2.24, 2.45) is 0 Å². The molecule has 5 rings (SSSR count). The fraction of sp³-hybridized carbons (Fsp3) is 0.185. The lowest BCUT2D eigenvalue weighted by Crippen LogP contribution is -2.25. The van der Waals surface area contributed by atoms with Gasteiger partial charge in [0.2, 0.25) is 0 Å². The number of carbonyl (C=O) groups is 1. The number of hydrogen-bond acceptors (Lipinski definition) is 6. The van der Waals surface area contributed by atoms with E-state index in [4.69, 9.17) is 14.2 Å². The minimum absolute atomic E-state index is 0.121. The van der Waals surface area contributed by atoms with E-state index in [1.54, 1.807) is 30.3 Å². The molecule has 0 aliphatic carbocycles. The lowest BCUT2D eigenvalue weighted by atomic mass is 10.0. The van der Waals surface area contributed by atoms with Crippen molar-refractivity contribution in [3.05, 3.63) is 95.7 Å². The van der Waals surface area contributed by atoms with E-state index in [9.17, 15) is 15.0 Å². The smallest absolute Gasteiger partial charge is 0.335 e. The van der Waals surface area contributed by atoms with Gasteiger partial charge in [0.05, 0.1) is 23.4 Å². The SMILES string of the molecule is O=C(O)c1cccc(O[C@H]2CCOc3ccc(OCc4ccc5ccccc5n4)cc3[C@@H]2O)c1. The molecule has 7 nitrogen and oxygen atoms in total. The molecule has 0 spiro atoms. The predicted molar refractivity (Wildman–Crippen MR) is 125 cm³/mol. The second kappa shape index (κ2) is 9.41. The van der Waals surface area contributed by atoms with Crippen molar-refractivity contribution < 1.29 is 29.2 Å². The van der Waals surface area contributed by atoms with Gasteiger partial charge < -0.3 is 24.4 Å². The van der Waals surface area contributed by atoms with Crippen LogP contribution >= 0.6 is 0 Å². The first-order valence-electron chi connectivity index (χ1n) is 11.0. The molecule has 34 heavy (non-hydrogen) atoms. The van der Waals surface area contributed by atoms with Gasteiger partial charge in [-0.3, -0.25) is 0 Å². The summed E-state index contributed by atoms with van der Waals surface area (Å²) in [6.45, 7) is 0.636. The summed E-state index contributed by atoms with van der Waals surface area (Å²) in [7, 11) is 0. The van der Waals surface area contributed by atoms with E-state index in [1.807, 2.05) is 36.4 Å². The van der Waals surface area contributed by atoms with E-state index in [1.165, 1.54) is 12.1 Å². The van der Waals surface area contributed by atoms with Crippen LogP contribution in [0.1, 0.15) is 34.1 Å². The minimum atomic E-state index is -1.04. The highest BCUT2D eigenvalue weighted by Gasteiger charge is 2.29. The maximum absolute atomic E-state index is 11.3. The predicted octanol–water partition coefficient (Wildman–Crippen LogP) is 4.78. The number of pyridine rings is 1. The van der Waals surface area contributed by atoms with Gasteiger partial charge in [-0.05, 0) is 48.5 Å². The number of ether oxygens (including phenoxy) is 3. The Hall–Kier alpha value is -4.10. The first-order chi connectivity index (χ1) is 16.6. The maximum Gasteiger partial charge on any atom is 0.335 e. The third-order valence-electron chi connectivity index (χ3n) is 5.72. The van der Waals surface area contributed by atoms with Crippen molar-refractivity contribution in [2.45, 2.75) is 25.2 Å². The number of nitrogens with zero attached hydrogens (tertiary/aromatic N) is 1. The fourth-order valence-electron chi connectivity index (χ4n) is 3.97. The van der Waals surface area contributed by atoms with E-state index in [0.29, 0.717) is 35.8 Å². The molecule has 3 aromatic carbocycles. The van der Waals surface area contributed by atoms with Crippen LogP contribution in [-0.4, -0.2) is 33.9 Å². The average molecular weight is 457 g/mol. The highest BCUT2D eigenvalue weighted by Crippen LogP contribution is 2.36. The van der Waals surface area contributed by atoms with Gasteiger partial charge in [-0.15, -0.1) is 0 Å². The molecule has 0 radical (unpaired) electrons. The van der Waals surface area contributed by atoms with E-state index >= 15 is 0 Å². The number of carboxylic acid groups (broad SMARTS) is 1. The molecular weight excluding hydrogens is 434 g/mol. The Bertz CT molecular complexity index is 1340. The zero-order chi connectivity index (χ0) is 23.5. The summed E-state index contributed by atoms with van der Waals surface area (Å²) >= 11 is 0. The molecule has 0 unspecified atom stereocenters. The van der Waals surface area contributed by atoms with Crippen LogP contribution in [0.2, 0.25) is 0 Å². The highest BCUT2D eigenvalue weighted by molar-refractivity contribution is 5.88. The van der Waals surface area contributed by atoms with Crippen LogP contribution < -0.4 is 14.2 Å². The molecule has 1 aliphatic heterocycles. The summed E-state index contributed by atoms with van der Waals surface area (Å²) in [5.74, 6) is 0.476. The van der Waals surface area contributed by atoms with Crippen molar-refractivity contribution in [3.8, 4) is 17.2 Å². The number of rotatable bonds is 6. The number of hydrogen-bond donors (Lipinski definition) is 2. The van der Waals surface area contributed by atoms with Crippen LogP contribution in [0.25, 0.3) is 10.9 Å². The Morgan fingerprint density at radius 3 is 2.76 bits per heavy atom. The van der Waals surface area contributed by atoms with Gasteiger partial charge in [0.25, 0.3) is 0 Å². The molecule has 2 heterocycles. The van der Waals surface area contributed by atoms with Crippen molar-refractivity contribution in [2.75, 3.05) is 6.61 Å². The Kier molecular flexibility index (Phi) is 6.01. The van der Waals surface area contributed by atoms with Gasteiger partial charge in [0.15, 0.2) is 0 Å². The van der Waals surface area contributed by atoms with Gasteiger partial charge in [-0.2, -0.15) is 0 Å². The second-order valence-corrected chi connectivity index (χ2v) is 8.05. The number of benzene rings is 3. The van der Waals surface area contributed by atoms with E-state index in [2.05, 4.69) is 4.98 Å². The number of aliphatic hydroxyl groups is 1. The minimum Gasteiger partial charge on any atom is -0.493 e. The van der Waals surface area contributed by atoms with Crippen LogP contribution in [-0.2, 0) is 6.61 Å². The number of aromatic carboxylic acids is 1. The average Bonchev–Trinajstić information content (AvgIpc) is 3.01. The molecule has 2 atom stereocenters. The molecule has 1 aliphatic rings. The maximum atomic E-state index is 11.3. The first-order valence-corrected chi connectivity index (χ1v) is 11.0. The van der Waals surface area contributed by atoms with Crippen LogP contribution in [0, 0.1) is 0 Å². The lowest BCUT2D eigenvalue weighted by Gasteiger charge is -2.22. The topological polar surface area (TPSA) is 98.1 Å². The Morgan fingerprint density at radius 1 is 1.00 bits per heavy atom. The van der Waals surface area contributed by atoms with Crippen molar-refractivity contribution in [1.82, 2.24) is 4.98 Å². The van der Waals surface area contributed by atoms with Crippen LogP contribution in [0.3, 0.4) is 0 Å². The molecule has 1 aromatic heterocycles. The van der Waals surface area contributed by atoms with Crippen LogP contribution in [0.5, 0.6) is 17.2 Å². The normalized spacial score (nSPS) is 17.3. The van der Waals surface area contributed by atoms with Crippen molar-refractivity contribution >= 4 is 16.9 Å². The van der Waals surface area contributed by atoms with E-state index < -0.39 is 18.2 Å². The Morgan fingerprint density at radius 2 is 1.88 bits per heavy atom. The van der Waals surface area contributed by atoms with Gasteiger partial charge in [0, 0.05) is 17.4 Å². The van der Waals surface area contributed by atoms with Gasteiger partial charge in [-0.25, -0.2) is 9.78 Å². The summed E-state index contributed by atoms with van der Waals surface area (Å²) in [5, 5.41) is 21.4. The third-order valence-corrected chi connectivity index (χ3v) is 5.72. The second-order valence-electron chi connectivity index (χ2n) is 8.05. The van der Waals surface area contributed by atoms with Gasteiger partial charge in [-0.1, -0.05) is 30.3 Å².